The van der Waals surface area contributed by atoms with Gasteiger partial charge < -0.3 is 15.7 Å². The number of hydrogen-bond acceptors (Lipinski definition) is 4. The second-order valence-corrected chi connectivity index (χ2v) is 7.10. The highest BCUT2D eigenvalue weighted by molar-refractivity contribution is 8.00. The van der Waals surface area contributed by atoms with E-state index in [0.717, 1.165) is 22.2 Å². The van der Waals surface area contributed by atoms with Gasteiger partial charge in [0.2, 0.25) is 5.91 Å². The maximum absolute atomic E-state index is 12.0. The van der Waals surface area contributed by atoms with Gasteiger partial charge in [0.05, 0.1) is 11.9 Å². The number of halogens is 1. The van der Waals surface area contributed by atoms with Crippen LogP contribution in [0.1, 0.15) is 0 Å². The molecular weight excluding hydrogens is 332 g/mol. The van der Waals surface area contributed by atoms with E-state index in [1.54, 1.807) is 0 Å². The van der Waals surface area contributed by atoms with Gasteiger partial charge in [-0.05, 0) is 17.5 Å². The predicted molar refractivity (Wildman–Crippen MR) is 95.1 cm³/mol. The first-order valence-electron chi connectivity index (χ1n) is 7.60. The Kier molecular flexibility index (Phi) is 5.43. The molecule has 0 spiro atoms. The minimum Gasteiger partial charge on any atom is -0.391 e. The van der Waals surface area contributed by atoms with Gasteiger partial charge in [0.15, 0.2) is 0 Å². The second kappa shape index (κ2) is 7.53. The van der Waals surface area contributed by atoms with E-state index < -0.39 is 0 Å². The van der Waals surface area contributed by atoms with Crippen LogP contribution in [-0.2, 0) is 4.79 Å². The lowest BCUT2D eigenvalue weighted by Gasteiger charge is -2.14. The van der Waals surface area contributed by atoms with Crippen molar-refractivity contribution in [3.05, 3.63) is 41.4 Å². The SMILES string of the molecule is O=C(CSc1cccc2cccc(Cl)c12)NCC1CNCC1O. The van der Waals surface area contributed by atoms with Crippen LogP contribution in [0.2, 0.25) is 5.02 Å². The van der Waals surface area contributed by atoms with Crippen molar-refractivity contribution in [3.8, 4) is 0 Å². The lowest BCUT2D eigenvalue weighted by molar-refractivity contribution is -0.118. The molecule has 3 rings (SSSR count). The van der Waals surface area contributed by atoms with E-state index >= 15 is 0 Å². The Bertz CT molecular complexity index is 705. The summed E-state index contributed by atoms with van der Waals surface area (Å²) in [5.74, 6) is 0.398. The number of benzene rings is 2. The zero-order chi connectivity index (χ0) is 16.2. The van der Waals surface area contributed by atoms with Crippen molar-refractivity contribution in [2.75, 3.05) is 25.4 Å². The number of nitrogens with one attached hydrogen (secondary N) is 2. The Hall–Kier alpha value is -1.27. The topological polar surface area (TPSA) is 61.4 Å². The summed E-state index contributed by atoms with van der Waals surface area (Å²) in [6, 6.07) is 11.8. The number of aliphatic hydroxyl groups excluding tert-OH is 1. The third-order valence-corrected chi connectivity index (χ3v) is 5.41. The van der Waals surface area contributed by atoms with Crippen molar-refractivity contribution in [3.63, 3.8) is 0 Å². The number of fused-ring (bicyclic) bond motifs is 1. The molecule has 4 nitrogen and oxygen atoms in total. The van der Waals surface area contributed by atoms with E-state index in [0.29, 0.717) is 23.9 Å². The van der Waals surface area contributed by atoms with Crippen LogP contribution in [0.25, 0.3) is 10.8 Å². The smallest absolute Gasteiger partial charge is 0.230 e. The Morgan fingerprint density at radius 2 is 2.09 bits per heavy atom. The molecule has 1 saturated heterocycles. The molecule has 122 valence electrons. The highest BCUT2D eigenvalue weighted by Gasteiger charge is 2.24. The maximum atomic E-state index is 12.0. The summed E-state index contributed by atoms with van der Waals surface area (Å²) in [7, 11) is 0. The molecule has 2 atom stereocenters. The van der Waals surface area contributed by atoms with E-state index in [2.05, 4.69) is 10.6 Å². The fraction of sp³-hybridized carbons (Fsp3) is 0.353. The highest BCUT2D eigenvalue weighted by atomic mass is 35.5. The van der Waals surface area contributed by atoms with Crippen molar-refractivity contribution in [1.82, 2.24) is 10.6 Å². The number of rotatable bonds is 5. The summed E-state index contributed by atoms with van der Waals surface area (Å²) in [4.78, 5) is 13.0. The normalized spacial score (nSPS) is 20.8. The number of carbonyl (C=O) groups excluding carboxylic acids is 1. The average Bonchev–Trinajstić information content (AvgIpc) is 2.96. The van der Waals surface area contributed by atoms with Gasteiger partial charge in [-0.15, -0.1) is 11.8 Å². The summed E-state index contributed by atoms with van der Waals surface area (Å²) in [5.41, 5.74) is 0. The summed E-state index contributed by atoms with van der Waals surface area (Å²) >= 11 is 7.77. The Morgan fingerprint density at radius 3 is 2.83 bits per heavy atom. The van der Waals surface area contributed by atoms with Gasteiger partial charge in [-0.25, -0.2) is 0 Å². The van der Waals surface area contributed by atoms with Crippen molar-refractivity contribution in [2.45, 2.75) is 11.0 Å². The van der Waals surface area contributed by atoms with Crippen molar-refractivity contribution >= 4 is 40.0 Å². The Morgan fingerprint density at radius 1 is 1.30 bits per heavy atom. The fourth-order valence-corrected chi connectivity index (χ4v) is 4.02. The fourth-order valence-electron chi connectivity index (χ4n) is 2.75. The van der Waals surface area contributed by atoms with Gasteiger partial charge in [-0.3, -0.25) is 4.79 Å². The second-order valence-electron chi connectivity index (χ2n) is 5.67. The van der Waals surface area contributed by atoms with E-state index in [9.17, 15) is 9.90 Å². The van der Waals surface area contributed by atoms with Gasteiger partial charge in [-0.1, -0.05) is 35.9 Å². The zero-order valence-electron chi connectivity index (χ0n) is 12.6. The van der Waals surface area contributed by atoms with Crippen LogP contribution in [0, 0.1) is 5.92 Å². The molecule has 2 unspecified atom stereocenters. The van der Waals surface area contributed by atoms with Crippen LogP contribution in [-0.4, -0.2) is 42.5 Å². The number of carbonyl (C=O) groups is 1. The molecule has 1 aliphatic rings. The highest BCUT2D eigenvalue weighted by Crippen LogP contribution is 2.33. The van der Waals surface area contributed by atoms with E-state index in [4.69, 9.17) is 11.6 Å². The molecule has 0 aromatic heterocycles. The van der Waals surface area contributed by atoms with Crippen LogP contribution in [0.5, 0.6) is 0 Å². The third-order valence-electron chi connectivity index (χ3n) is 4.04. The Labute approximate surface area is 144 Å². The number of β-amino-alcohol motifs (C(OH)–C–C–N with tert-alkyl or cyclic N) is 1. The molecule has 3 N–H and O–H groups in total. The van der Waals surface area contributed by atoms with E-state index in [1.807, 2.05) is 36.4 Å². The van der Waals surface area contributed by atoms with Gasteiger partial charge >= 0.3 is 0 Å². The van der Waals surface area contributed by atoms with Crippen LogP contribution < -0.4 is 10.6 Å². The standard InChI is InChI=1S/C17H19ClN2O2S/c18-13-5-1-3-11-4-2-6-15(17(11)13)23-10-16(22)20-8-12-7-19-9-14(12)21/h1-6,12,14,19,21H,7-10H2,(H,20,22). The lowest BCUT2D eigenvalue weighted by atomic mass is 10.1. The first-order chi connectivity index (χ1) is 11.1. The largest absolute Gasteiger partial charge is 0.391 e. The molecule has 1 amide bonds. The van der Waals surface area contributed by atoms with E-state index in [1.165, 1.54) is 11.8 Å². The number of amides is 1. The minimum absolute atomic E-state index is 0.0295. The van der Waals surface area contributed by atoms with Crippen LogP contribution in [0.15, 0.2) is 41.3 Å². The molecule has 0 bridgehead atoms. The van der Waals surface area contributed by atoms with Gasteiger partial charge in [-0.2, -0.15) is 0 Å². The molecule has 23 heavy (non-hydrogen) atoms. The third kappa shape index (κ3) is 3.98. The summed E-state index contributed by atoms with van der Waals surface area (Å²) < 4.78 is 0. The van der Waals surface area contributed by atoms with Crippen LogP contribution >= 0.6 is 23.4 Å². The molecule has 1 heterocycles. The number of thioether (sulfide) groups is 1. The molecule has 0 aliphatic carbocycles. The average molecular weight is 351 g/mol. The molecule has 0 saturated carbocycles. The molecule has 1 aliphatic heterocycles. The molecule has 1 fully saturated rings. The van der Waals surface area contributed by atoms with Gasteiger partial charge in [0.25, 0.3) is 0 Å². The molecular formula is C17H19ClN2O2S. The van der Waals surface area contributed by atoms with Crippen molar-refractivity contribution in [2.24, 2.45) is 5.92 Å². The first-order valence-corrected chi connectivity index (χ1v) is 8.97. The Balaban J connectivity index is 1.59. The van der Waals surface area contributed by atoms with Crippen molar-refractivity contribution in [1.29, 1.82) is 0 Å². The van der Waals surface area contributed by atoms with Gasteiger partial charge in [0.1, 0.15) is 0 Å². The van der Waals surface area contributed by atoms with Crippen molar-refractivity contribution < 1.29 is 9.90 Å². The molecule has 0 radical (unpaired) electrons. The molecule has 2 aromatic rings. The maximum Gasteiger partial charge on any atom is 0.230 e. The molecule has 2 aromatic carbocycles. The predicted octanol–water partition coefficient (Wildman–Crippen LogP) is 2.28. The van der Waals surface area contributed by atoms with Gasteiger partial charge in [0, 0.05) is 40.9 Å². The monoisotopic (exact) mass is 350 g/mol. The quantitative estimate of drug-likeness (QED) is 0.724. The number of hydrogen-bond donors (Lipinski definition) is 3. The van der Waals surface area contributed by atoms with E-state index in [-0.39, 0.29) is 17.9 Å². The first kappa shape index (κ1) is 16.6. The minimum atomic E-state index is -0.375. The van der Waals surface area contributed by atoms with Crippen LogP contribution in [0.4, 0.5) is 0 Å². The zero-order valence-corrected chi connectivity index (χ0v) is 14.2. The molecule has 6 heteroatoms. The summed E-state index contributed by atoms with van der Waals surface area (Å²) in [6.07, 6.45) is -0.375. The van der Waals surface area contributed by atoms with Crippen LogP contribution in [0.3, 0.4) is 0 Å². The summed E-state index contributed by atoms with van der Waals surface area (Å²) in [5, 5.41) is 18.5. The lowest BCUT2D eigenvalue weighted by Crippen LogP contribution is -2.35. The number of aliphatic hydroxyl groups is 1. The summed E-state index contributed by atoms with van der Waals surface area (Å²) in [6.45, 7) is 1.85.